The van der Waals surface area contributed by atoms with E-state index in [1.54, 1.807) is 0 Å². The van der Waals surface area contributed by atoms with Crippen LogP contribution in [0, 0.1) is 0 Å². The molecule has 228 valence electrons. The number of carbonyl (C=O) groups is 2. The first-order chi connectivity index (χ1) is 19.0. The molecule has 1 atom stereocenters. The molecule has 0 saturated carbocycles. The van der Waals surface area contributed by atoms with E-state index in [4.69, 9.17) is 13.9 Å². The van der Waals surface area contributed by atoms with Crippen molar-refractivity contribution in [2.45, 2.75) is 154 Å². The first-order valence-corrected chi connectivity index (χ1v) is 19.0. The lowest BCUT2D eigenvalue weighted by Crippen LogP contribution is -2.45. The van der Waals surface area contributed by atoms with E-state index < -0.39 is 13.9 Å². The second-order valence-corrected chi connectivity index (χ2v) is 18.1. The quantitative estimate of drug-likeness (QED) is 0.0505. The minimum Gasteiger partial charge on any atom is -0.462 e. The van der Waals surface area contributed by atoms with Gasteiger partial charge in [-0.1, -0.05) is 97.3 Å². The SMILES string of the molecule is CCCCCCCC/C=C\CCCCCCC/C=C1/C[C@](/C=C2/CCOC2=O)(CO[Si](C)(C)C(C)(C)C)OC1=O. The average Bonchev–Trinajstić information content (AvgIpc) is 3.43. The molecule has 2 saturated heterocycles. The summed E-state index contributed by atoms with van der Waals surface area (Å²) in [5.41, 5.74) is 0.363. The molecule has 0 bridgehead atoms. The van der Waals surface area contributed by atoms with Crippen LogP contribution in [0.5, 0.6) is 0 Å². The topological polar surface area (TPSA) is 61.8 Å². The van der Waals surface area contributed by atoms with Crippen molar-refractivity contribution < 1.29 is 23.5 Å². The molecule has 0 N–H and O–H groups in total. The van der Waals surface area contributed by atoms with Crippen LogP contribution in [0.15, 0.2) is 35.5 Å². The van der Waals surface area contributed by atoms with Crippen molar-refractivity contribution in [1.29, 1.82) is 0 Å². The van der Waals surface area contributed by atoms with E-state index in [1.807, 2.05) is 12.2 Å². The number of carbonyl (C=O) groups excluding carboxylic acids is 2. The fourth-order valence-electron chi connectivity index (χ4n) is 4.95. The largest absolute Gasteiger partial charge is 0.462 e. The molecule has 0 amide bonds. The molecule has 40 heavy (non-hydrogen) atoms. The highest BCUT2D eigenvalue weighted by molar-refractivity contribution is 6.74. The lowest BCUT2D eigenvalue weighted by Gasteiger charge is -2.38. The van der Waals surface area contributed by atoms with Crippen LogP contribution in [-0.4, -0.2) is 39.1 Å². The Morgan fingerprint density at radius 3 is 1.95 bits per heavy atom. The van der Waals surface area contributed by atoms with E-state index in [2.05, 4.69) is 52.9 Å². The highest BCUT2D eigenvalue weighted by Crippen LogP contribution is 2.40. The van der Waals surface area contributed by atoms with E-state index in [-0.39, 0.29) is 23.6 Å². The number of ether oxygens (including phenoxy) is 2. The van der Waals surface area contributed by atoms with E-state index >= 15 is 0 Å². The van der Waals surface area contributed by atoms with E-state index in [9.17, 15) is 9.59 Å². The van der Waals surface area contributed by atoms with Gasteiger partial charge in [-0.3, -0.25) is 0 Å². The summed E-state index contributed by atoms with van der Waals surface area (Å²) < 4.78 is 17.6. The molecule has 0 aliphatic carbocycles. The molecule has 0 aromatic heterocycles. The van der Waals surface area contributed by atoms with Crippen molar-refractivity contribution in [1.82, 2.24) is 0 Å². The van der Waals surface area contributed by atoms with Crippen LogP contribution in [0.4, 0.5) is 0 Å². The number of rotatable bonds is 19. The van der Waals surface area contributed by atoms with E-state index in [0.29, 0.717) is 30.6 Å². The summed E-state index contributed by atoms with van der Waals surface area (Å²) in [6, 6.07) is 0. The summed E-state index contributed by atoms with van der Waals surface area (Å²) >= 11 is 0. The molecule has 2 aliphatic rings. The van der Waals surface area contributed by atoms with Crippen molar-refractivity contribution in [3.8, 4) is 0 Å². The Kier molecular flexibility index (Phi) is 15.0. The van der Waals surface area contributed by atoms with Crippen LogP contribution in [0.3, 0.4) is 0 Å². The Morgan fingerprint density at radius 2 is 1.40 bits per heavy atom. The van der Waals surface area contributed by atoms with Gasteiger partial charge in [0.2, 0.25) is 0 Å². The van der Waals surface area contributed by atoms with Crippen molar-refractivity contribution in [2.24, 2.45) is 0 Å². The number of unbranched alkanes of at least 4 members (excludes halogenated alkanes) is 12. The lowest BCUT2D eigenvalue weighted by molar-refractivity contribution is -0.145. The van der Waals surface area contributed by atoms with Gasteiger partial charge in [0.15, 0.2) is 13.9 Å². The number of allylic oxidation sites excluding steroid dienone is 3. The molecule has 0 aromatic carbocycles. The zero-order chi connectivity index (χ0) is 29.5. The third-order valence-electron chi connectivity index (χ3n) is 8.69. The van der Waals surface area contributed by atoms with Gasteiger partial charge >= 0.3 is 11.9 Å². The summed E-state index contributed by atoms with van der Waals surface area (Å²) in [5.74, 6) is -0.594. The number of hydrogen-bond donors (Lipinski definition) is 0. The maximum atomic E-state index is 12.9. The molecule has 0 aromatic rings. The van der Waals surface area contributed by atoms with Gasteiger partial charge in [0, 0.05) is 24.0 Å². The summed E-state index contributed by atoms with van der Waals surface area (Å²) in [4.78, 5) is 25.1. The fourth-order valence-corrected chi connectivity index (χ4v) is 5.98. The second kappa shape index (κ2) is 17.3. The van der Waals surface area contributed by atoms with Crippen LogP contribution in [0.1, 0.15) is 130 Å². The molecule has 0 unspecified atom stereocenters. The normalized spacial score (nSPS) is 22.1. The molecule has 0 radical (unpaired) electrons. The van der Waals surface area contributed by atoms with Gasteiger partial charge in [-0.25, -0.2) is 9.59 Å². The summed E-state index contributed by atoms with van der Waals surface area (Å²) in [5, 5.41) is 0.0404. The van der Waals surface area contributed by atoms with E-state index in [0.717, 1.165) is 12.8 Å². The Labute approximate surface area is 246 Å². The highest BCUT2D eigenvalue weighted by atomic mass is 28.4. The lowest BCUT2D eigenvalue weighted by atomic mass is 9.94. The monoisotopic (exact) mass is 574 g/mol. The Balaban J connectivity index is 1.74. The predicted molar refractivity (Wildman–Crippen MR) is 168 cm³/mol. The van der Waals surface area contributed by atoms with Crippen molar-refractivity contribution in [3.63, 3.8) is 0 Å². The summed E-state index contributed by atoms with van der Waals surface area (Å²) in [6.45, 7) is 13.9. The highest BCUT2D eigenvalue weighted by Gasteiger charge is 2.46. The first-order valence-electron chi connectivity index (χ1n) is 16.1. The van der Waals surface area contributed by atoms with Crippen LogP contribution >= 0.6 is 0 Å². The summed E-state index contributed by atoms with van der Waals surface area (Å²) in [6.07, 6.45) is 27.1. The molecule has 2 aliphatic heterocycles. The number of hydrogen-bond acceptors (Lipinski definition) is 5. The van der Waals surface area contributed by atoms with Crippen LogP contribution in [0.25, 0.3) is 0 Å². The maximum Gasteiger partial charge on any atom is 0.334 e. The van der Waals surface area contributed by atoms with Gasteiger partial charge in [-0.15, -0.1) is 0 Å². The minimum atomic E-state index is -2.06. The number of esters is 2. The molecular formula is C34H58O5Si. The molecule has 2 heterocycles. The minimum absolute atomic E-state index is 0.0404. The van der Waals surface area contributed by atoms with Crippen molar-refractivity contribution in [2.75, 3.05) is 13.2 Å². The summed E-state index contributed by atoms with van der Waals surface area (Å²) in [7, 11) is -2.06. The van der Waals surface area contributed by atoms with Crippen LogP contribution < -0.4 is 0 Å². The Morgan fingerprint density at radius 1 is 0.825 bits per heavy atom. The zero-order valence-corrected chi connectivity index (χ0v) is 27.6. The van der Waals surface area contributed by atoms with Crippen LogP contribution in [0.2, 0.25) is 18.1 Å². The van der Waals surface area contributed by atoms with Crippen molar-refractivity contribution >= 4 is 20.3 Å². The molecule has 6 heteroatoms. The Hall–Kier alpha value is -1.66. The zero-order valence-electron chi connectivity index (χ0n) is 26.6. The molecule has 2 rings (SSSR count). The number of cyclic esters (lactones) is 2. The predicted octanol–water partition coefficient (Wildman–Crippen LogP) is 9.53. The fraction of sp³-hybridized carbons (Fsp3) is 0.765. The van der Waals surface area contributed by atoms with Gasteiger partial charge in [0.05, 0.1) is 13.2 Å². The van der Waals surface area contributed by atoms with Crippen LogP contribution in [-0.2, 0) is 23.5 Å². The molecular weight excluding hydrogens is 516 g/mol. The first kappa shape index (κ1) is 34.5. The molecule has 0 spiro atoms. The van der Waals surface area contributed by atoms with E-state index in [1.165, 1.54) is 77.0 Å². The van der Waals surface area contributed by atoms with Gasteiger partial charge < -0.3 is 13.9 Å². The van der Waals surface area contributed by atoms with Gasteiger partial charge in [-0.2, -0.15) is 0 Å². The Bertz CT molecular complexity index is 879. The smallest absolute Gasteiger partial charge is 0.334 e. The van der Waals surface area contributed by atoms with Gasteiger partial charge in [0.25, 0.3) is 0 Å². The standard InChI is InChI=1S/C34H58O5Si/c1-7-8-9-10-11-12-13-14-15-16-17-18-19-20-21-22-23-29-26-34(39-32(29)36,27-30-24-25-37-31(30)35)28-38-40(5,6)33(2,3)4/h14-15,23,27H,7-13,16-22,24-26,28H2,1-6H3/b15-14-,29-23-,30-27-/t34-/m0/s1. The molecule has 5 nitrogen and oxygen atoms in total. The van der Waals surface area contributed by atoms with Gasteiger partial charge in [-0.05, 0) is 62.7 Å². The average molecular weight is 575 g/mol. The second-order valence-electron chi connectivity index (χ2n) is 13.3. The van der Waals surface area contributed by atoms with Crippen molar-refractivity contribution in [3.05, 3.63) is 35.5 Å². The maximum absolute atomic E-state index is 12.9. The third kappa shape index (κ3) is 12.1. The third-order valence-corrected chi connectivity index (χ3v) is 13.2. The molecule has 2 fully saturated rings. The van der Waals surface area contributed by atoms with Gasteiger partial charge in [0.1, 0.15) is 0 Å².